The molecule has 3 heteroatoms. The first-order valence-electron chi connectivity index (χ1n) is 3.53. The Kier molecular flexibility index (Phi) is 5.47. The number of allylic oxidation sites excluding steroid dienone is 1. The van der Waals surface area contributed by atoms with Gasteiger partial charge in [-0.05, 0) is 13.8 Å². The van der Waals surface area contributed by atoms with Crippen LogP contribution in [0.4, 0.5) is 0 Å². The van der Waals surface area contributed by atoms with E-state index in [1.807, 2.05) is 19.1 Å². The summed E-state index contributed by atoms with van der Waals surface area (Å²) in [6.45, 7) is 4.01. The maximum absolute atomic E-state index is 10.7. The lowest BCUT2D eigenvalue weighted by Gasteiger charge is -2.07. The van der Waals surface area contributed by atoms with Gasteiger partial charge in [0.25, 0.3) is 0 Å². The second-order valence-corrected chi connectivity index (χ2v) is 2.07. The second kappa shape index (κ2) is 5.92. The highest BCUT2D eigenvalue weighted by atomic mass is 16.6. The fraction of sp³-hybridized carbons (Fsp3) is 0.625. The topological polar surface area (TPSA) is 35.5 Å². The van der Waals surface area contributed by atoms with Gasteiger partial charge in [0.15, 0.2) is 6.10 Å². The van der Waals surface area contributed by atoms with Crippen molar-refractivity contribution in [2.24, 2.45) is 0 Å². The predicted octanol–water partition coefficient (Wildman–Crippen LogP) is 1.14. The lowest BCUT2D eigenvalue weighted by atomic mass is 10.4. The number of carbonyl (C=O) groups is 1. The van der Waals surface area contributed by atoms with Crippen molar-refractivity contribution in [2.45, 2.75) is 20.0 Å². The molecule has 0 fully saturated rings. The minimum Gasteiger partial charge on any atom is -0.467 e. The van der Waals surface area contributed by atoms with Crippen LogP contribution in [0.5, 0.6) is 0 Å². The van der Waals surface area contributed by atoms with Crippen molar-refractivity contribution in [3.05, 3.63) is 12.2 Å². The summed E-state index contributed by atoms with van der Waals surface area (Å²) in [4.78, 5) is 10.7. The number of esters is 1. The summed E-state index contributed by atoms with van der Waals surface area (Å²) in [5.41, 5.74) is 0. The van der Waals surface area contributed by atoms with Crippen LogP contribution in [0.25, 0.3) is 0 Å². The molecule has 0 aliphatic rings. The number of rotatable bonds is 4. The normalized spacial score (nSPS) is 13.4. The fourth-order valence-corrected chi connectivity index (χ4v) is 0.530. The standard InChI is InChI=1S/C8H14O3/c1-4-5-6-11-7(2)8(9)10-3/h4-5,7H,6H2,1-3H3. The van der Waals surface area contributed by atoms with Crippen LogP contribution in [0.3, 0.4) is 0 Å². The van der Waals surface area contributed by atoms with Crippen molar-refractivity contribution in [3.8, 4) is 0 Å². The molecule has 0 rings (SSSR count). The molecule has 0 N–H and O–H groups in total. The molecule has 0 amide bonds. The van der Waals surface area contributed by atoms with Crippen LogP contribution in [0, 0.1) is 0 Å². The first-order chi connectivity index (χ1) is 5.22. The van der Waals surface area contributed by atoms with Gasteiger partial charge in [0.1, 0.15) is 0 Å². The molecule has 0 heterocycles. The van der Waals surface area contributed by atoms with E-state index in [1.165, 1.54) is 7.11 Å². The molecule has 11 heavy (non-hydrogen) atoms. The van der Waals surface area contributed by atoms with Crippen molar-refractivity contribution >= 4 is 5.97 Å². The Morgan fingerprint density at radius 1 is 1.64 bits per heavy atom. The molecule has 0 aromatic rings. The summed E-state index contributed by atoms with van der Waals surface area (Å²) < 4.78 is 9.53. The average Bonchev–Trinajstić information content (AvgIpc) is 2.03. The van der Waals surface area contributed by atoms with Gasteiger partial charge in [-0.3, -0.25) is 0 Å². The Labute approximate surface area is 67.0 Å². The van der Waals surface area contributed by atoms with Gasteiger partial charge in [-0.25, -0.2) is 4.79 Å². The zero-order valence-electron chi connectivity index (χ0n) is 7.16. The summed E-state index contributed by atoms with van der Waals surface area (Å²) >= 11 is 0. The maximum atomic E-state index is 10.7. The molecule has 0 saturated carbocycles. The highest BCUT2D eigenvalue weighted by Crippen LogP contribution is 1.93. The number of carbonyl (C=O) groups excluding carboxylic acids is 1. The monoisotopic (exact) mass is 158 g/mol. The molecule has 0 aliphatic heterocycles. The van der Waals surface area contributed by atoms with Crippen LogP contribution >= 0.6 is 0 Å². The van der Waals surface area contributed by atoms with Gasteiger partial charge in [0.05, 0.1) is 13.7 Å². The van der Waals surface area contributed by atoms with Crippen LogP contribution in [0.1, 0.15) is 13.8 Å². The summed E-state index contributed by atoms with van der Waals surface area (Å²) in [6, 6.07) is 0. The molecule has 0 aliphatic carbocycles. The van der Waals surface area contributed by atoms with Crippen LogP contribution in [-0.4, -0.2) is 25.8 Å². The Bertz CT molecular complexity index is 140. The third-order valence-electron chi connectivity index (χ3n) is 1.21. The number of ether oxygens (including phenoxy) is 2. The van der Waals surface area contributed by atoms with Gasteiger partial charge in [-0.2, -0.15) is 0 Å². The van der Waals surface area contributed by atoms with E-state index in [4.69, 9.17) is 4.74 Å². The number of hydrogen-bond acceptors (Lipinski definition) is 3. The lowest BCUT2D eigenvalue weighted by Crippen LogP contribution is -2.21. The van der Waals surface area contributed by atoms with E-state index in [9.17, 15) is 4.79 Å². The van der Waals surface area contributed by atoms with Crippen LogP contribution in [-0.2, 0) is 14.3 Å². The quantitative estimate of drug-likeness (QED) is 0.454. The van der Waals surface area contributed by atoms with E-state index in [0.29, 0.717) is 6.61 Å². The van der Waals surface area contributed by atoms with Gasteiger partial charge in [0, 0.05) is 0 Å². The summed E-state index contributed by atoms with van der Waals surface area (Å²) in [5.74, 6) is -0.338. The molecule has 1 atom stereocenters. The molecular weight excluding hydrogens is 144 g/mol. The highest BCUT2D eigenvalue weighted by Gasteiger charge is 2.11. The van der Waals surface area contributed by atoms with Crippen LogP contribution < -0.4 is 0 Å². The SMILES string of the molecule is CC=CCOC(C)C(=O)OC. The van der Waals surface area contributed by atoms with Gasteiger partial charge in [-0.1, -0.05) is 12.2 Å². The molecule has 1 unspecified atom stereocenters. The first kappa shape index (κ1) is 10.2. The highest BCUT2D eigenvalue weighted by molar-refractivity contribution is 5.73. The number of hydrogen-bond donors (Lipinski definition) is 0. The molecule has 0 radical (unpaired) electrons. The van der Waals surface area contributed by atoms with Crippen molar-refractivity contribution < 1.29 is 14.3 Å². The Morgan fingerprint density at radius 3 is 2.73 bits per heavy atom. The summed E-state index contributed by atoms with van der Waals surface area (Å²) in [6.07, 6.45) is 3.22. The molecule has 0 saturated heterocycles. The third kappa shape index (κ3) is 4.56. The van der Waals surface area contributed by atoms with Gasteiger partial charge in [0.2, 0.25) is 0 Å². The van der Waals surface area contributed by atoms with E-state index in [2.05, 4.69) is 4.74 Å². The van der Waals surface area contributed by atoms with E-state index in [0.717, 1.165) is 0 Å². The molecule has 3 nitrogen and oxygen atoms in total. The number of methoxy groups -OCH3 is 1. The van der Waals surface area contributed by atoms with E-state index in [-0.39, 0.29) is 5.97 Å². The summed E-state index contributed by atoms with van der Waals surface area (Å²) in [7, 11) is 1.35. The average molecular weight is 158 g/mol. The van der Waals surface area contributed by atoms with Crippen molar-refractivity contribution in [1.82, 2.24) is 0 Å². The van der Waals surface area contributed by atoms with Crippen molar-refractivity contribution in [3.63, 3.8) is 0 Å². The van der Waals surface area contributed by atoms with Crippen LogP contribution in [0.2, 0.25) is 0 Å². The van der Waals surface area contributed by atoms with Gasteiger partial charge >= 0.3 is 5.97 Å². The second-order valence-electron chi connectivity index (χ2n) is 2.07. The van der Waals surface area contributed by atoms with E-state index < -0.39 is 6.10 Å². The zero-order valence-corrected chi connectivity index (χ0v) is 7.16. The van der Waals surface area contributed by atoms with Crippen molar-refractivity contribution in [1.29, 1.82) is 0 Å². The van der Waals surface area contributed by atoms with Crippen LogP contribution in [0.15, 0.2) is 12.2 Å². The minimum atomic E-state index is -0.476. The Balaban J connectivity index is 3.51. The molecule has 0 bridgehead atoms. The third-order valence-corrected chi connectivity index (χ3v) is 1.21. The fourth-order valence-electron chi connectivity index (χ4n) is 0.530. The molecule has 0 spiro atoms. The van der Waals surface area contributed by atoms with Gasteiger partial charge < -0.3 is 9.47 Å². The van der Waals surface area contributed by atoms with Crippen molar-refractivity contribution in [2.75, 3.05) is 13.7 Å². The predicted molar refractivity (Wildman–Crippen MR) is 42.2 cm³/mol. The molecular formula is C8H14O3. The Morgan fingerprint density at radius 2 is 2.27 bits per heavy atom. The maximum Gasteiger partial charge on any atom is 0.334 e. The van der Waals surface area contributed by atoms with Gasteiger partial charge in [-0.15, -0.1) is 0 Å². The smallest absolute Gasteiger partial charge is 0.334 e. The molecule has 64 valence electrons. The lowest BCUT2D eigenvalue weighted by molar-refractivity contribution is -0.152. The first-order valence-corrected chi connectivity index (χ1v) is 3.53. The Hall–Kier alpha value is -0.830. The summed E-state index contributed by atoms with van der Waals surface area (Å²) in [5, 5.41) is 0. The molecule has 0 aromatic carbocycles. The van der Waals surface area contributed by atoms with E-state index >= 15 is 0 Å². The minimum absolute atomic E-state index is 0.338. The zero-order chi connectivity index (χ0) is 8.69. The van der Waals surface area contributed by atoms with E-state index in [1.54, 1.807) is 6.92 Å². The largest absolute Gasteiger partial charge is 0.467 e. The molecule has 0 aromatic heterocycles.